The maximum atomic E-state index is 12.2. The zero-order valence-electron chi connectivity index (χ0n) is 14.5. The van der Waals surface area contributed by atoms with Crippen molar-refractivity contribution in [3.8, 4) is 11.8 Å². The number of carbonyl (C=O) groups excluding carboxylic acids is 1. The van der Waals surface area contributed by atoms with Crippen molar-refractivity contribution < 1.29 is 4.79 Å². The number of amides is 1. The number of piperazine rings is 1. The van der Waals surface area contributed by atoms with Gasteiger partial charge in [-0.3, -0.25) is 9.69 Å². The van der Waals surface area contributed by atoms with Crippen molar-refractivity contribution in [3.63, 3.8) is 0 Å². The number of rotatable bonds is 4. The van der Waals surface area contributed by atoms with Gasteiger partial charge in [-0.1, -0.05) is 54.5 Å². The molecule has 0 unspecified atom stereocenters. The summed E-state index contributed by atoms with van der Waals surface area (Å²) in [5.41, 5.74) is 2.29. The lowest BCUT2D eigenvalue weighted by Gasteiger charge is -2.34. The highest BCUT2D eigenvalue weighted by Gasteiger charge is 2.20. The Morgan fingerprint density at radius 1 is 1.29 bits per heavy atom. The molecule has 0 aromatic rings. The summed E-state index contributed by atoms with van der Waals surface area (Å²) in [6.07, 6.45) is 16.2. The van der Waals surface area contributed by atoms with E-state index in [1.54, 1.807) is 6.08 Å². The molecule has 1 amide bonds. The molecule has 126 valence electrons. The molecule has 24 heavy (non-hydrogen) atoms. The lowest BCUT2D eigenvalue weighted by molar-refractivity contribution is -0.126. The van der Waals surface area contributed by atoms with Gasteiger partial charge in [-0.2, -0.15) is 0 Å². The van der Waals surface area contributed by atoms with E-state index in [1.165, 1.54) is 5.57 Å². The van der Waals surface area contributed by atoms with E-state index >= 15 is 0 Å². The predicted molar refractivity (Wildman–Crippen MR) is 100 cm³/mol. The Bertz CT molecular complexity index is 632. The second-order valence-electron chi connectivity index (χ2n) is 5.97. The molecule has 0 saturated carbocycles. The van der Waals surface area contributed by atoms with Gasteiger partial charge in [-0.15, -0.1) is 0 Å². The van der Waals surface area contributed by atoms with Crippen molar-refractivity contribution in [2.45, 2.75) is 19.8 Å². The molecule has 0 N–H and O–H groups in total. The van der Waals surface area contributed by atoms with Crippen molar-refractivity contribution >= 4 is 5.91 Å². The van der Waals surface area contributed by atoms with E-state index in [4.69, 9.17) is 0 Å². The van der Waals surface area contributed by atoms with Gasteiger partial charge >= 0.3 is 0 Å². The Kier molecular flexibility index (Phi) is 7.32. The number of nitrogens with zero attached hydrogens (tertiary/aromatic N) is 2. The molecule has 1 heterocycles. The van der Waals surface area contributed by atoms with Crippen LogP contribution in [0.25, 0.3) is 0 Å². The molecule has 1 fully saturated rings. The first-order valence-electron chi connectivity index (χ1n) is 8.56. The molecule has 3 heteroatoms. The molecule has 1 aliphatic carbocycles. The van der Waals surface area contributed by atoms with Crippen LogP contribution in [0, 0.1) is 11.8 Å². The Labute approximate surface area is 145 Å². The SMILES string of the molecule is C=C/C=C(C#CC(=O)N1CCN(CC2=CC=CCC2)CC1)\C=C/C. The van der Waals surface area contributed by atoms with Gasteiger partial charge in [-0.25, -0.2) is 0 Å². The first-order valence-corrected chi connectivity index (χ1v) is 8.56. The van der Waals surface area contributed by atoms with Gasteiger partial charge in [0.25, 0.3) is 5.91 Å². The number of hydrogen-bond acceptors (Lipinski definition) is 2. The third kappa shape index (κ3) is 5.72. The molecule has 0 aromatic heterocycles. The number of carbonyl (C=O) groups is 1. The van der Waals surface area contributed by atoms with Crippen LogP contribution in [0.3, 0.4) is 0 Å². The highest BCUT2D eigenvalue weighted by atomic mass is 16.2. The van der Waals surface area contributed by atoms with Crippen LogP contribution in [0.5, 0.6) is 0 Å². The van der Waals surface area contributed by atoms with E-state index in [-0.39, 0.29) is 5.91 Å². The molecule has 0 spiro atoms. The second-order valence-corrected chi connectivity index (χ2v) is 5.97. The van der Waals surface area contributed by atoms with E-state index < -0.39 is 0 Å². The molecule has 3 nitrogen and oxygen atoms in total. The van der Waals surface area contributed by atoms with Crippen LogP contribution in [-0.4, -0.2) is 48.4 Å². The summed E-state index contributed by atoms with van der Waals surface area (Å²) >= 11 is 0. The minimum absolute atomic E-state index is 0.0890. The fraction of sp³-hybridized carbons (Fsp3) is 0.381. The van der Waals surface area contributed by atoms with Gasteiger partial charge in [0.2, 0.25) is 0 Å². The van der Waals surface area contributed by atoms with Gasteiger partial charge in [0.05, 0.1) is 0 Å². The monoisotopic (exact) mass is 322 g/mol. The summed E-state index contributed by atoms with van der Waals surface area (Å²) in [5, 5.41) is 0. The molecular weight excluding hydrogens is 296 g/mol. The Balaban J connectivity index is 1.84. The zero-order valence-corrected chi connectivity index (χ0v) is 14.5. The summed E-state index contributed by atoms with van der Waals surface area (Å²) in [6, 6.07) is 0. The van der Waals surface area contributed by atoms with Crippen molar-refractivity contribution in [2.75, 3.05) is 32.7 Å². The second kappa shape index (κ2) is 9.75. The third-order valence-electron chi connectivity index (χ3n) is 4.14. The maximum absolute atomic E-state index is 12.2. The molecule has 0 aromatic carbocycles. The van der Waals surface area contributed by atoms with Gasteiger partial charge in [0, 0.05) is 44.2 Å². The average molecular weight is 322 g/mol. The van der Waals surface area contributed by atoms with Crippen molar-refractivity contribution in [3.05, 3.63) is 60.3 Å². The summed E-state index contributed by atoms with van der Waals surface area (Å²) in [7, 11) is 0. The van der Waals surface area contributed by atoms with E-state index in [0.29, 0.717) is 0 Å². The molecule has 2 rings (SSSR count). The Hall–Kier alpha value is -2.31. The molecule has 0 radical (unpaired) electrons. The first-order chi connectivity index (χ1) is 11.7. The minimum Gasteiger partial charge on any atom is -0.329 e. The Morgan fingerprint density at radius 3 is 2.71 bits per heavy atom. The highest BCUT2D eigenvalue weighted by molar-refractivity contribution is 5.94. The quantitative estimate of drug-likeness (QED) is 0.586. The fourth-order valence-electron chi connectivity index (χ4n) is 2.83. The summed E-state index contributed by atoms with van der Waals surface area (Å²) in [6.45, 7) is 9.95. The van der Waals surface area contributed by atoms with Crippen LogP contribution >= 0.6 is 0 Å². The lowest BCUT2D eigenvalue weighted by Crippen LogP contribution is -2.48. The first kappa shape index (κ1) is 18.0. The standard InChI is InChI=1S/C21H26N2O/c1-3-8-19(9-4-2)12-13-21(24)23-16-14-22(15-17-23)18-20-10-6-5-7-11-20/h3-6,8-10H,1,7,11,14-18H2,2H3/b9-4-,19-8+. The van der Waals surface area contributed by atoms with E-state index in [2.05, 4.69) is 41.5 Å². The highest BCUT2D eigenvalue weighted by Crippen LogP contribution is 2.14. The number of allylic oxidation sites excluding steroid dienone is 8. The molecule has 1 aliphatic heterocycles. The molecule has 0 bridgehead atoms. The normalized spacial score (nSPS) is 19.0. The third-order valence-corrected chi connectivity index (χ3v) is 4.14. The molecule has 1 saturated heterocycles. The van der Waals surface area contributed by atoms with Crippen molar-refractivity contribution in [1.29, 1.82) is 0 Å². The Morgan fingerprint density at radius 2 is 2.08 bits per heavy atom. The van der Waals surface area contributed by atoms with Crippen LogP contribution < -0.4 is 0 Å². The molecular formula is C21H26N2O. The van der Waals surface area contributed by atoms with Crippen LogP contribution in [0.1, 0.15) is 19.8 Å². The topological polar surface area (TPSA) is 23.6 Å². The summed E-state index contributed by atoms with van der Waals surface area (Å²) in [4.78, 5) is 16.5. The van der Waals surface area contributed by atoms with Gasteiger partial charge in [0.1, 0.15) is 0 Å². The zero-order chi connectivity index (χ0) is 17.2. The summed E-state index contributed by atoms with van der Waals surface area (Å²) < 4.78 is 0. The van der Waals surface area contributed by atoms with Crippen LogP contribution in [0.2, 0.25) is 0 Å². The van der Waals surface area contributed by atoms with E-state index in [9.17, 15) is 4.79 Å². The van der Waals surface area contributed by atoms with Gasteiger partial charge in [0.15, 0.2) is 0 Å². The largest absolute Gasteiger partial charge is 0.329 e. The smallest absolute Gasteiger partial charge is 0.298 e. The van der Waals surface area contributed by atoms with Crippen LogP contribution in [0.4, 0.5) is 0 Å². The summed E-state index contributed by atoms with van der Waals surface area (Å²) in [5.74, 6) is 5.59. The average Bonchev–Trinajstić information content (AvgIpc) is 2.61. The maximum Gasteiger partial charge on any atom is 0.298 e. The van der Waals surface area contributed by atoms with Crippen LogP contribution in [-0.2, 0) is 4.79 Å². The van der Waals surface area contributed by atoms with Gasteiger partial charge in [-0.05, 0) is 25.8 Å². The van der Waals surface area contributed by atoms with Crippen molar-refractivity contribution in [2.24, 2.45) is 0 Å². The van der Waals surface area contributed by atoms with Gasteiger partial charge < -0.3 is 4.90 Å². The fourth-order valence-corrected chi connectivity index (χ4v) is 2.83. The minimum atomic E-state index is -0.0890. The van der Waals surface area contributed by atoms with E-state index in [1.807, 2.05) is 30.1 Å². The van der Waals surface area contributed by atoms with Crippen molar-refractivity contribution in [1.82, 2.24) is 9.80 Å². The molecule has 0 atom stereocenters. The molecule has 2 aliphatic rings. The van der Waals surface area contributed by atoms with Crippen LogP contribution in [0.15, 0.2) is 60.3 Å². The number of hydrogen-bond donors (Lipinski definition) is 0. The van der Waals surface area contributed by atoms with E-state index in [0.717, 1.165) is 51.1 Å². The predicted octanol–water partition coefficient (Wildman–Crippen LogP) is 3.10. The lowest BCUT2D eigenvalue weighted by atomic mass is 10.0.